The molecule has 0 unspecified atom stereocenters. The van der Waals surface area contributed by atoms with Crippen LogP contribution in [0.1, 0.15) is 0 Å². The summed E-state index contributed by atoms with van der Waals surface area (Å²) in [6.45, 7) is 0. The first-order valence-electron chi connectivity index (χ1n) is 12.9. The standard InChI is InChI=1S/C32H12B8O/c33-24-20-18(13-7-2-1-3-8-13)21-23(27(36)31(40)29(38)25(21)34)19(22(20)26(35)30(39)28(24)37)16-11-6-10-15-14-9-4-5-12-17(14)41-32(15)16/h1-12H. The second-order valence-electron chi connectivity index (χ2n) is 10.2. The summed E-state index contributed by atoms with van der Waals surface area (Å²) in [5.41, 5.74) is 5.88. The molecule has 1 nitrogen and oxygen atoms in total. The molecule has 1 aromatic heterocycles. The highest BCUT2D eigenvalue weighted by atomic mass is 16.3. The van der Waals surface area contributed by atoms with Gasteiger partial charge in [-0.2, -0.15) is 0 Å². The molecule has 0 fully saturated rings. The van der Waals surface area contributed by atoms with E-state index in [0.29, 0.717) is 43.8 Å². The minimum absolute atomic E-state index is 0.168. The molecule has 0 N–H and O–H groups in total. The lowest BCUT2D eigenvalue weighted by molar-refractivity contribution is 0.670. The van der Waals surface area contributed by atoms with Crippen molar-refractivity contribution < 1.29 is 4.42 Å². The summed E-state index contributed by atoms with van der Waals surface area (Å²) in [6, 6.07) is 23.3. The van der Waals surface area contributed by atoms with Gasteiger partial charge in [-0.3, -0.25) is 0 Å². The van der Waals surface area contributed by atoms with E-state index in [4.69, 9.17) is 67.2 Å². The lowest BCUT2D eigenvalue weighted by Gasteiger charge is -2.28. The molecule has 6 aromatic carbocycles. The van der Waals surface area contributed by atoms with Gasteiger partial charge < -0.3 is 4.42 Å². The molecule has 0 atom stereocenters. The Morgan fingerprint density at radius 3 is 1.41 bits per heavy atom. The van der Waals surface area contributed by atoms with Crippen LogP contribution in [0.3, 0.4) is 0 Å². The fourth-order valence-corrected chi connectivity index (χ4v) is 6.05. The van der Waals surface area contributed by atoms with Crippen LogP contribution in [0.15, 0.2) is 77.2 Å². The summed E-state index contributed by atoms with van der Waals surface area (Å²) in [5.74, 6) is 0. The molecule has 1 heterocycles. The highest BCUT2D eigenvalue weighted by molar-refractivity contribution is 6.71. The number of furan rings is 1. The number of rotatable bonds is 2. The van der Waals surface area contributed by atoms with E-state index in [9.17, 15) is 0 Å². The molecular weight excluding hydrogens is 487 g/mol. The first-order valence-corrected chi connectivity index (χ1v) is 12.9. The Labute approximate surface area is 248 Å². The normalized spacial score (nSPS) is 11.7. The molecule has 7 rings (SSSR count). The summed E-state index contributed by atoms with van der Waals surface area (Å²) in [4.78, 5) is 0. The lowest BCUT2D eigenvalue weighted by atomic mass is 9.59. The van der Waals surface area contributed by atoms with Crippen molar-refractivity contribution in [2.24, 2.45) is 0 Å². The third-order valence-corrected chi connectivity index (χ3v) is 8.05. The van der Waals surface area contributed by atoms with E-state index in [1.807, 2.05) is 72.8 Å². The molecule has 0 aliphatic carbocycles. The van der Waals surface area contributed by atoms with Crippen molar-refractivity contribution in [2.75, 3.05) is 0 Å². The summed E-state index contributed by atoms with van der Waals surface area (Å²) < 4.78 is 6.44. The molecular formula is C32H12B8O. The Balaban J connectivity index is 1.86. The average Bonchev–Trinajstić information content (AvgIpc) is 3.38. The van der Waals surface area contributed by atoms with Crippen molar-refractivity contribution in [2.45, 2.75) is 0 Å². The van der Waals surface area contributed by atoms with Crippen molar-refractivity contribution in [1.82, 2.24) is 0 Å². The largest absolute Gasteiger partial charge is 0.455 e. The molecule has 16 radical (unpaired) electrons. The lowest BCUT2D eigenvalue weighted by Crippen LogP contribution is -2.50. The van der Waals surface area contributed by atoms with Crippen LogP contribution in [0.5, 0.6) is 0 Å². The van der Waals surface area contributed by atoms with Gasteiger partial charge in [0.25, 0.3) is 0 Å². The van der Waals surface area contributed by atoms with Crippen molar-refractivity contribution in [3.8, 4) is 22.3 Å². The first kappa shape index (κ1) is 26.1. The maximum Gasteiger partial charge on any atom is 0.143 e. The fraction of sp³-hybridized carbons (Fsp3) is 0. The van der Waals surface area contributed by atoms with Gasteiger partial charge in [-0.1, -0.05) is 88.6 Å². The maximum atomic E-state index is 6.82. The van der Waals surface area contributed by atoms with Crippen molar-refractivity contribution >= 4 is 150 Å². The van der Waals surface area contributed by atoms with Crippen LogP contribution in [-0.4, -0.2) is 62.8 Å². The maximum absolute atomic E-state index is 6.82. The number of fused-ring (bicyclic) bond motifs is 5. The van der Waals surface area contributed by atoms with Crippen LogP contribution in [-0.2, 0) is 0 Å². The van der Waals surface area contributed by atoms with Gasteiger partial charge in [0.15, 0.2) is 0 Å². The van der Waals surface area contributed by atoms with E-state index in [1.54, 1.807) is 0 Å². The van der Waals surface area contributed by atoms with Gasteiger partial charge in [0.05, 0.1) is 0 Å². The Morgan fingerprint density at radius 1 is 0.390 bits per heavy atom. The fourth-order valence-electron chi connectivity index (χ4n) is 6.05. The smallest absolute Gasteiger partial charge is 0.143 e. The van der Waals surface area contributed by atoms with Gasteiger partial charge in [0.2, 0.25) is 0 Å². The van der Waals surface area contributed by atoms with Gasteiger partial charge in [0.1, 0.15) is 73.9 Å². The van der Waals surface area contributed by atoms with Gasteiger partial charge >= 0.3 is 0 Å². The molecule has 0 saturated carbocycles. The van der Waals surface area contributed by atoms with Crippen LogP contribution in [0.4, 0.5) is 0 Å². The molecule has 41 heavy (non-hydrogen) atoms. The predicted molar refractivity (Wildman–Crippen MR) is 183 cm³/mol. The summed E-state index contributed by atoms with van der Waals surface area (Å²) in [7, 11) is 53.0. The predicted octanol–water partition coefficient (Wildman–Crippen LogP) is -0.423. The van der Waals surface area contributed by atoms with Crippen LogP contribution in [0.2, 0.25) is 0 Å². The number of para-hydroxylation sites is 2. The zero-order chi connectivity index (χ0) is 28.7. The highest BCUT2D eigenvalue weighted by Gasteiger charge is 2.26. The zero-order valence-electron chi connectivity index (χ0n) is 22.0. The third kappa shape index (κ3) is 3.54. The van der Waals surface area contributed by atoms with E-state index in [0.717, 1.165) is 21.9 Å². The van der Waals surface area contributed by atoms with E-state index >= 15 is 0 Å². The quantitative estimate of drug-likeness (QED) is 0.233. The summed E-state index contributed by atoms with van der Waals surface area (Å²) in [5, 5.41) is 4.15. The van der Waals surface area contributed by atoms with Crippen LogP contribution in [0.25, 0.3) is 65.7 Å². The molecule has 0 spiro atoms. The Morgan fingerprint density at radius 2 is 0.854 bits per heavy atom. The van der Waals surface area contributed by atoms with Crippen LogP contribution < -0.4 is 43.7 Å². The molecule has 9 heteroatoms. The zero-order valence-corrected chi connectivity index (χ0v) is 22.0. The molecule has 7 aromatic rings. The number of benzene rings is 6. The topological polar surface area (TPSA) is 13.1 Å². The summed E-state index contributed by atoms with van der Waals surface area (Å²) in [6.07, 6.45) is 0. The number of hydrogen-bond acceptors (Lipinski definition) is 1. The Bertz CT molecular complexity index is 2160. The van der Waals surface area contributed by atoms with Gasteiger partial charge in [-0.25, -0.2) is 0 Å². The second kappa shape index (κ2) is 9.35. The monoisotopic (exact) mass is 500 g/mol. The van der Waals surface area contributed by atoms with Crippen molar-refractivity contribution in [1.29, 1.82) is 0 Å². The van der Waals surface area contributed by atoms with Gasteiger partial charge in [-0.05, 0) is 44.3 Å². The highest BCUT2D eigenvalue weighted by Crippen LogP contribution is 2.44. The molecule has 170 valence electrons. The third-order valence-electron chi connectivity index (χ3n) is 8.05. The van der Waals surface area contributed by atoms with E-state index in [1.165, 1.54) is 0 Å². The Kier molecular flexibility index (Phi) is 5.95. The van der Waals surface area contributed by atoms with Crippen molar-refractivity contribution in [3.63, 3.8) is 0 Å². The molecule has 0 aliphatic heterocycles. The van der Waals surface area contributed by atoms with Crippen LogP contribution >= 0.6 is 0 Å². The number of hydrogen-bond donors (Lipinski definition) is 0. The van der Waals surface area contributed by atoms with Crippen molar-refractivity contribution in [3.05, 3.63) is 72.8 Å². The van der Waals surface area contributed by atoms with Gasteiger partial charge in [-0.15, -0.1) is 21.9 Å². The van der Waals surface area contributed by atoms with Gasteiger partial charge in [0, 0.05) is 16.3 Å². The summed E-state index contributed by atoms with van der Waals surface area (Å²) >= 11 is 0. The molecule has 0 aliphatic rings. The van der Waals surface area contributed by atoms with E-state index in [-0.39, 0.29) is 43.7 Å². The van der Waals surface area contributed by atoms with Crippen LogP contribution in [0, 0.1) is 0 Å². The molecule has 0 saturated heterocycles. The SMILES string of the molecule is [B]c1c([B])c([B])c2c(-c3cccc4c3oc3ccccc34)c3c([B])c([B])c([B])c([B])c3c(-c3ccccc3)c2c1[B]. The Hall–Kier alpha value is -3.84. The molecule has 0 bridgehead atoms. The van der Waals surface area contributed by atoms with E-state index in [2.05, 4.69) is 0 Å². The minimum atomic E-state index is 0.168. The molecule has 0 amide bonds. The minimum Gasteiger partial charge on any atom is -0.455 e. The van der Waals surface area contributed by atoms with E-state index < -0.39 is 0 Å². The second-order valence-corrected chi connectivity index (χ2v) is 10.2. The first-order chi connectivity index (χ1) is 19.7. The average molecular weight is 499 g/mol.